The number of hydrogen-bond donors (Lipinski definition) is 4. The fourth-order valence-electron chi connectivity index (χ4n) is 2.49. The molecule has 5 N–H and O–H groups in total. The molecule has 1 aromatic heterocycles. The van der Waals surface area contributed by atoms with Gasteiger partial charge >= 0.3 is 0 Å². The summed E-state index contributed by atoms with van der Waals surface area (Å²) in [5, 5.41) is 3.66. The first-order chi connectivity index (χ1) is 12.9. The maximum atomic E-state index is 12.2. The molecule has 0 atom stereocenters. The molecule has 1 heterocycles. The van der Waals surface area contributed by atoms with Crippen LogP contribution in [0.4, 0.5) is 23.0 Å². The van der Waals surface area contributed by atoms with Crippen molar-refractivity contribution in [2.24, 2.45) is 0 Å². The Morgan fingerprint density at radius 2 is 1.85 bits per heavy atom. The van der Waals surface area contributed by atoms with Crippen molar-refractivity contribution in [1.82, 2.24) is 15.4 Å². The third-order valence-electron chi connectivity index (χ3n) is 3.90. The minimum Gasteiger partial charge on any atom is -0.393 e. The molecule has 0 spiro atoms. The first-order valence-corrected chi connectivity index (χ1v) is 8.58. The molecule has 0 bridgehead atoms. The minimum absolute atomic E-state index is 0.281. The van der Waals surface area contributed by atoms with Crippen LogP contribution in [0.15, 0.2) is 48.8 Å². The van der Waals surface area contributed by atoms with Gasteiger partial charge in [-0.1, -0.05) is 35.4 Å². The first-order valence-electron chi connectivity index (χ1n) is 8.20. The monoisotopic (exact) mass is 382 g/mol. The number of hydrogen-bond acceptors (Lipinski definition) is 6. The topological polar surface area (TPSA) is 105 Å². The van der Waals surface area contributed by atoms with Crippen molar-refractivity contribution in [2.45, 2.75) is 13.8 Å². The standard InChI is InChI=1S/C19H19ClN6O/c1-11-6-7-15(12(2)8-11)24-17-16(21)18(23-10-22-17)25-26-19(27)13-4-3-5-14(20)9-13/h3-10H,21H2,1-2H3,(H,26,27)(H2,22,23,24,25). The Morgan fingerprint density at radius 3 is 2.59 bits per heavy atom. The fraction of sp³-hybridized carbons (Fsp3) is 0.105. The van der Waals surface area contributed by atoms with Crippen LogP contribution < -0.4 is 21.9 Å². The van der Waals surface area contributed by atoms with E-state index in [1.54, 1.807) is 24.3 Å². The number of nitrogens with one attached hydrogen (secondary N) is 3. The second kappa shape index (κ2) is 7.92. The fourth-order valence-corrected chi connectivity index (χ4v) is 2.68. The quantitative estimate of drug-likeness (QED) is 0.500. The third-order valence-corrected chi connectivity index (χ3v) is 4.14. The Kier molecular flexibility index (Phi) is 5.42. The number of benzene rings is 2. The molecular formula is C19H19ClN6O. The number of anilines is 4. The lowest BCUT2D eigenvalue weighted by Crippen LogP contribution is -2.30. The van der Waals surface area contributed by atoms with Gasteiger partial charge in [-0.2, -0.15) is 0 Å². The molecule has 0 saturated carbocycles. The van der Waals surface area contributed by atoms with Crippen molar-refractivity contribution in [3.63, 3.8) is 0 Å². The minimum atomic E-state index is -0.362. The first kappa shape index (κ1) is 18.5. The summed E-state index contributed by atoms with van der Waals surface area (Å²) in [5.41, 5.74) is 15.2. The Morgan fingerprint density at radius 1 is 1.07 bits per heavy atom. The van der Waals surface area contributed by atoms with Crippen LogP contribution in [-0.4, -0.2) is 15.9 Å². The molecule has 0 radical (unpaired) electrons. The summed E-state index contributed by atoms with van der Waals surface area (Å²) in [6, 6.07) is 12.6. The van der Waals surface area contributed by atoms with Crippen molar-refractivity contribution >= 4 is 40.5 Å². The third kappa shape index (κ3) is 4.45. The number of aromatic nitrogens is 2. The highest BCUT2D eigenvalue weighted by atomic mass is 35.5. The highest BCUT2D eigenvalue weighted by molar-refractivity contribution is 6.30. The molecule has 0 aliphatic carbocycles. The molecule has 3 rings (SSSR count). The average molecular weight is 383 g/mol. The van der Waals surface area contributed by atoms with E-state index >= 15 is 0 Å². The van der Waals surface area contributed by atoms with E-state index in [2.05, 4.69) is 32.2 Å². The number of nitrogens with two attached hydrogens (primary N) is 1. The van der Waals surface area contributed by atoms with Gasteiger partial charge in [-0.15, -0.1) is 0 Å². The van der Waals surface area contributed by atoms with Crippen molar-refractivity contribution in [3.05, 3.63) is 70.5 Å². The van der Waals surface area contributed by atoms with E-state index in [0.29, 0.717) is 16.4 Å². The Hall–Kier alpha value is -3.32. The second-order valence-corrected chi connectivity index (χ2v) is 6.45. The second-order valence-electron chi connectivity index (χ2n) is 6.02. The molecule has 2 aromatic carbocycles. The van der Waals surface area contributed by atoms with Gasteiger partial charge in [0, 0.05) is 16.3 Å². The summed E-state index contributed by atoms with van der Waals surface area (Å²) in [6.07, 6.45) is 1.36. The molecule has 0 aliphatic heterocycles. The SMILES string of the molecule is Cc1ccc(Nc2ncnc(NNC(=O)c3cccc(Cl)c3)c2N)c(C)c1. The molecule has 0 aliphatic rings. The number of amides is 1. The van der Waals surface area contributed by atoms with E-state index in [4.69, 9.17) is 17.3 Å². The smallest absolute Gasteiger partial charge is 0.269 e. The number of rotatable bonds is 5. The Balaban J connectivity index is 1.74. The van der Waals surface area contributed by atoms with Crippen LogP contribution in [0.3, 0.4) is 0 Å². The van der Waals surface area contributed by atoms with Gasteiger partial charge in [0.15, 0.2) is 11.6 Å². The highest BCUT2D eigenvalue weighted by Gasteiger charge is 2.11. The van der Waals surface area contributed by atoms with Crippen LogP contribution >= 0.6 is 11.6 Å². The maximum Gasteiger partial charge on any atom is 0.269 e. The lowest BCUT2D eigenvalue weighted by Gasteiger charge is -2.14. The normalized spacial score (nSPS) is 10.3. The predicted molar refractivity (Wildman–Crippen MR) is 108 cm³/mol. The Bertz CT molecular complexity index is 992. The van der Waals surface area contributed by atoms with Gasteiger partial charge in [0.2, 0.25) is 0 Å². The van der Waals surface area contributed by atoms with E-state index in [0.717, 1.165) is 11.3 Å². The van der Waals surface area contributed by atoms with E-state index in [-0.39, 0.29) is 17.4 Å². The number of carbonyl (C=O) groups is 1. The van der Waals surface area contributed by atoms with Crippen LogP contribution in [-0.2, 0) is 0 Å². The molecule has 138 valence electrons. The molecule has 0 fully saturated rings. The van der Waals surface area contributed by atoms with Crippen LogP contribution in [0.5, 0.6) is 0 Å². The lowest BCUT2D eigenvalue weighted by molar-refractivity contribution is 0.0962. The van der Waals surface area contributed by atoms with Gasteiger partial charge < -0.3 is 11.1 Å². The zero-order chi connectivity index (χ0) is 19.4. The average Bonchev–Trinajstić information content (AvgIpc) is 2.64. The summed E-state index contributed by atoms with van der Waals surface area (Å²) in [6.45, 7) is 4.03. The molecule has 3 aromatic rings. The Labute approximate surface area is 162 Å². The highest BCUT2D eigenvalue weighted by Crippen LogP contribution is 2.27. The van der Waals surface area contributed by atoms with E-state index < -0.39 is 0 Å². The molecule has 8 heteroatoms. The number of aryl methyl sites for hydroxylation is 2. The number of carbonyl (C=O) groups excluding carboxylic acids is 1. The van der Waals surface area contributed by atoms with E-state index in [1.165, 1.54) is 11.9 Å². The molecular weight excluding hydrogens is 364 g/mol. The van der Waals surface area contributed by atoms with Gasteiger partial charge in [0.1, 0.15) is 12.0 Å². The summed E-state index contributed by atoms with van der Waals surface area (Å²) < 4.78 is 0. The van der Waals surface area contributed by atoms with Crippen LogP contribution in [0.2, 0.25) is 5.02 Å². The zero-order valence-electron chi connectivity index (χ0n) is 14.9. The summed E-state index contributed by atoms with van der Waals surface area (Å²) in [5.74, 6) is 0.364. The van der Waals surface area contributed by atoms with Crippen LogP contribution in [0, 0.1) is 13.8 Å². The van der Waals surface area contributed by atoms with Crippen molar-refractivity contribution < 1.29 is 4.79 Å². The van der Waals surface area contributed by atoms with Crippen LogP contribution in [0.1, 0.15) is 21.5 Å². The van der Waals surface area contributed by atoms with E-state index in [9.17, 15) is 4.79 Å². The van der Waals surface area contributed by atoms with Crippen molar-refractivity contribution in [2.75, 3.05) is 16.5 Å². The lowest BCUT2D eigenvalue weighted by atomic mass is 10.1. The molecule has 1 amide bonds. The van der Waals surface area contributed by atoms with Crippen molar-refractivity contribution in [1.29, 1.82) is 0 Å². The summed E-state index contributed by atoms with van der Waals surface area (Å²) in [7, 11) is 0. The van der Waals surface area contributed by atoms with Gasteiger partial charge in [0.05, 0.1) is 0 Å². The zero-order valence-corrected chi connectivity index (χ0v) is 15.6. The largest absolute Gasteiger partial charge is 0.393 e. The summed E-state index contributed by atoms with van der Waals surface area (Å²) >= 11 is 5.90. The molecule has 27 heavy (non-hydrogen) atoms. The number of halogens is 1. The van der Waals surface area contributed by atoms with Gasteiger partial charge in [-0.3, -0.25) is 15.6 Å². The molecule has 0 saturated heterocycles. The number of nitrogens with zero attached hydrogens (tertiary/aromatic N) is 2. The van der Waals surface area contributed by atoms with Gasteiger partial charge in [-0.25, -0.2) is 9.97 Å². The summed E-state index contributed by atoms with van der Waals surface area (Å²) in [4.78, 5) is 20.5. The van der Waals surface area contributed by atoms with E-state index in [1.807, 2.05) is 26.0 Å². The number of hydrazine groups is 1. The maximum absolute atomic E-state index is 12.2. The van der Waals surface area contributed by atoms with Crippen molar-refractivity contribution in [3.8, 4) is 0 Å². The van der Waals surface area contributed by atoms with Crippen LogP contribution in [0.25, 0.3) is 0 Å². The van der Waals surface area contributed by atoms with Gasteiger partial charge in [-0.05, 0) is 43.7 Å². The van der Waals surface area contributed by atoms with Gasteiger partial charge in [0.25, 0.3) is 5.91 Å². The predicted octanol–water partition coefficient (Wildman–Crippen LogP) is 3.83. The number of nitrogen functional groups attached to an aromatic ring is 1. The molecule has 0 unspecified atom stereocenters. The molecule has 7 nitrogen and oxygen atoms in total.